The van der Waals surface area contributed by atoms with Crippen LogP contribution in [0.5, 0.6) is 0 Å². The van der Waals surface area contributed by atoms with Crippen molar-refractivity contribution in [3.63, 3.8) is 0 Å². The SMILES string of the molecule is CC(CC(=O)Nc1ccc(CN2CCCCC2C)cc1)C1CCCNC1.Cl.Cl. The summed E-state index contributed by atoms with van der Waals surface area (Å²) in [4.78, 5) is 14.9. The third-order valence-corrected chi connectivity index (χ3v) is 6.21. The Balaban J connectivity index is 0.00000196. The molecule has 160 valence electrons. The average Bonchev–Trinajstić information content (AvgIpc) is 2.66. The van der Waals surface area contributed by atoms with Crippen LogP contribution >= 0.6 is 24.8 Å². The highest BCUT2D eigenvalue weighted by Gasteiger charge is 2.22. The molecule has 2 fully saturated rings. The maximum absolute atomic E-state index is 12.4. The zero-order valence-corrected chi connectivity index (χ0v) is 18.9. The summed E-state index contributed by atoms with van der Waals surface area (Å²) in [5.41, 5.74) is 2.25. The van der Waals surface area contributed by atoms with E-state index in [1.54, 1.807) is 0 Å². The molecular formula is C22H37Cl2N3O. The Morgan fingerprint density at radius 2 is 1.93 bits per heavy atom. The van der Waals surface area contributed by atoms with Crippen LogP contribution in [0.25, 0.3) is 0 Å². The van der Waals surface area contributed by atoms with Crippen molar-refractivity contribution < 1.29 is 4.79 Å². The first-order chi connectivity index (χ1) is 12.6. The molecule has 1 aromatic rings. The van der Waals surface area contributed by atoms with Gasteiger partial charge in [-0.15, -0.1) is 24.8 Å². The number of anilines is 1. The smallest absolute Gasteiger partial charge is 0.224 e. The number of piperidine rings is 2. The summed E-state index contributed by atoms with van der Waals surface area (Å²) in [6.45, 7) is 8.93. The fourth-order valence-electron chi connectivity index (χ4n) is 4.36. The van der Waals surface area contributed by atoms with Crippen molar-refractivity contribution in [2.75, 3.05) is 25.0 Å². The topological polar surface area (TPSA) is 44.4 Å². The van der Waals surface area contributed by atoms with Gasteiger partial charge in [0.15, 0.2) is 0 Å². The predicted octanol–water partition coefficient (Wildman–Crippen LogP) is 4.87. The number of benzene rings is 1. The van der Waals surface area contributed by atoms with Gasteiger partial charge in [-0.3, -0.25) is 9.69 Å². The van der Waals surface area contributed by atoms with Crippen LogP contribution in [0, 0.1) is 11.8 Å². The quantitative estimate of drug-likeness (QED) is 0.677. The number of amides is 1. The van der Waals surface area contributed by atoms with E-state index in [0.717, 1.165) is 25.3 Å². The van der Waals surface area contributed by atoms with Crippen LogP contribution in [0.15, 0.2) is 24.3 Å². The summed E-state index contributed by atoms with van der Waals surface area (Å²) >= 11 is 0. The number of carbonyl (C=O) groups is 1. The second-order valence-electron chi connectivity index (χ2n) is 8.35. The van der Waals surface area contributed by atoms with Crippen LogP contribution in [0.3, 0.4) is 0 Å². The highest BCUT2D eigenvalue weighted by Crippen LogP contribution is 2.23. The Hall–Kier alpha value is -0.810. The summed E-state index contributed by atoms with van der Waals surface area (Å²) in [6.07, 6.45) is 7.06. The lowest BCUT2D eigenvalue weighted by atomic mass is 9.85. The summed E-state index contributed by atoms with van der Waals surface area (Å²) in [6, 6.07) is 9.10. The van der Waals surface area contributed by atoms with Gasteiger partial charge in [0.05, 0.1) is 0 Å². The summed E-state index contributed by atoms with van der Waals surface area (Å²) in [7, 11) is 0. The largest absolute Gasteiger partial charge is 0.326 e. The lowest BCUT2D eigenvalue weighted by molar-refractivity contribution is -0.117. The molecule has 0 aliphatic carbocycles. The number of carbonyl (C=O) groups excluding carboxylic acids is 1. The Bertz CT molecular complexity index is 576. The molecule has 1 aromatic carbocycles. The number of nitrogens with zero attached hydrogens (tertiary/aromatic N) is 1. The maximum atomic E-state index is 12.4. The molecule has 6 heteroatoms. The van der Waals surface area contributed by atoms with Crippen molar-refractivity contribution in [3.8, 4) is 0 Å². The standard InChI is InChI=1S/C22H35N3O.2ClH/c1-17(20-7-5-12-23-15-20)14-22(26)24-21-10-8-19(9-11-21)16-25-13-4-3-6-18(25)2;;/h8-11,17-18,20,23H,3-7,12-16H2,1-2H3,(H,24,26);2*1H. The number of hydrogen-bond acceptors (Lipinski definition) is 3. The van der Waals surface area contributed by atoms with Crippen LogP contribution in [-0.2, 0) is 11.3 Å². The molecule has 3 atom stereocenters. The van der Waals surface area contributed by atoms with Gasteiger partial charge in [-0.1, -0.05) is 25.5 Å². The molecule has 0 saturated carbocycles. The van der Waals surface area contributed by atoms with Crippen molar-refractivity contribution in [2.45, 2.75) is 65.0 Å². The summed E-state index contributed by atoms with van der Waals surface area (Å²) < 4.78 is 0. The molecule has 0 radical (unpaired) electrons. The van der Waals surface area contributed by atoms with E-state index in [4.69, 9.17) is 0 Å². The van der Waals surface area contributed by atoms with E-state index in [-0.39, 0.29) is 30.7 Å². The molecule has 1 amide bonds. The molecule has 28 heavy (non-hydrogen) atoms. The molecule has 2 heterocycles. The Morgan fingerprint density at radius 3 is 2.57 bits per heavy atom. The normalized spacial score (nSPS) is 23.8. The highest BCUT2D eigenvalue weighted by molar-refractivity contribution is 5.90. The van der Waals surface area contributed by atoms with E-state index in [1.165, 1.54) is 44.2 Å². The first kappa shape index (κ1) is 25.2. The molecule has 3 unspecified atom stereocenters. The predicted molar refractivity (Wildman–Crippen MR) is 123 cm³/mol. The first-order valence-corrected chi connectivity index (χ1v) is 10.5. The van der Waals surface area contributed by atoms with Crippen LogP contribution in [0.4, 0.5) is 5.69 Å². The van der Waals surface area contributed by atoms with Crippen molar-refractivity contribution in [3.05, 3.63) is 29.8 Å². The lowest BCUT2D eigenvalue weighted by Crippen LogP contribution is -2.36. The number of rotatable bonds is 6. The van der Waals surface area contributed by atoms with Gasteiger partial charge in [-0.2, -0.15) is 0 Å². The van der Waals surface area contributed by atoms with Crippen LogP contribution in [0.1, 0.15) is 57.9 Å². The Labute approximate surface area is 183 Å². The molecule has 4 nitrogen and oxygen atoms in total. The van der Waals surface area contributed by atoms with E-state index in [0.29, 0.717) is 24.3 Å². The van der Waals surface area contributed by atoms with E-state index >= 15 is 0 Å². The monoisotopic (exact) mass is 429 g/mol. The summed E-state index contributed by atoms with van der Waals surface area (Å²) in [5.74, 6) is 1.20. The van der Waals surface area contributed by atoms with Crippen molar-refractivity contribution in [2.24, 2.45) is 11.8 Å². The van der Waals surface area contributed by atoms with E-state index in [2.05, 4.69) is 53.6 Å². The first-order valence-electron chi connectivity index (χ1n) is 10.5. The van der Waals surface area contributed by atoms with Gasteiger partial charge in [-0.05, 0) is 81.8 Å². The third kappa shape index (κ3) is 7.55. The van der Waals surface area contributed by atoms with Crippen molar-refractivity contribution in [1.29, 1.82) is 0 Å². The lowest BCUT2D eigenvalue weighted by Gasteiger charge is -2.33. The number of halogens is 2. The zero-order chi connectivity index (χ0) is 18.4. The molecule has 0 aromatic heterocycles. The number of likely N-dealkylation sites (tertiary alicyclic amines) is 1. The second-order valence-corrected chi connectivity index (χ2v) is 8.35. The van der Waals surface area contributed by atoms with E-state index in [9.17, 15) is 4.79 Å². The second kappa shape index (κ2) is 12.7. The van der Waals surface area contributed by atoms with Crippen molar-refractivity contribution in [1.82, 2.24) is 10.2 Å². The van der Waals surface area contributed by atoms with Gasteiger partial charge < -0.3 is 10.6 Å². The van der Waals surface area contributed by atoms with Gasteiger partial charge in [0, 0.05) is 24.7 Å². The number of hydrogen-bond donors (Lipinski definition) is 2. The molecule has 2 aliphatic rings. The minimum atomic E-state index is 0. The fourth-order valence-corrected chi connectivity index (χ4v) is 4.36. The zero-order valence-electron chi connectivity index (χ0n) is 17.3. The van der Waals surface area contributed by atoms with Crippen LogP contribution in [0.2, 0.25) is 0 Å². The van der Waals surface area contributed by atoms with Gasteiger partial charge in [-0.25, -0.2) is 0 Å². The highest BCUT2D eigenvalue weighted by atomic mass is 35.5. The Kier molecular flexibility index (Phi) is 11.4. The average molecular weight is 430 g/mol. The fraction of sp³-hybridized carbons (Fsp3) is 0.682. The van der Waals surface area contributed by atoms with Crippen LogP contribution in [-0.4, -0.2) is 36.5 Å². The van der Waals surface area contributed by atoms with Crippen LogP contribution < -0.4 is 10.6 Å². The Morgan fingerprint density at radius 1 is 1.18 bits per heavy atom. The molecule has 3 rings (SSSR count). The maximum Gasteiger partial charge on any atom is 0.224 e. The minimum absolute atomic E-state index is 0. The molecule has 2 saturated heterocycles. The number of nitrogens with one attached hydrogen (secondary N) is 2. The molecule has 2 N–H and O–H groups in total. The van der Waals surface area contributed by atoms with Gasteiger partial charge >= 0.3 is 0 Å². The van der Waals surface area contributed by atoms with E-state index in [1.807, 2.05) is 0 Å². The summed E-state index contributed by atoms with van der Waals surface area (Å²) in [5, 5.41) is 6.52. The molecule has 0 spiro atoms. The molecular weight excluding hydrogens is 393 g/mol. The van der Waals surface area contributed by atoms with Gasteiger partial charge in [0.2, 0.25) is 5.91 Å². The van der Waals surface area contributed by atoms with E-state index < -0.39 is 0 Å². The van der Waals surface area contributed by atoms with Crippen molar-refractivity contribution >= 4 is 36.4 Å². The molecule has 0 bridgehead atoms. The minimum Gasteiger partial charge on any atom is -0.326 e. The third-order valence-electron chi connectivity index (χ3n) is 6.21. The van der Waals surface area contributed by atoms with Gasteiger partial charge in [0.1, 0.15) is 0 Å². The molecule has 2 aliphatic heterocycles. The van der Waals surface area contributed by atoms with Gasteiger partial charge in [0.25, 0.3) is 0 Å².